The summed E-state index contributed by atoms with van der Waals surface area (Å²) in [4.78, 5) is 20.3. The molecule has 0 aliphatic heterocycles. The molecular weight excluding hydrogens is 391 g/mol. The molecule has 2 aromatic carbocycles. The standard InChI is InChI=1S/C21H21FN4O4/c1-23-20(27)13-7-14(19(22)18(8-13)29-3)12-30-17-10-24-21(25-11-17)26-15-5-4-6-16(9-15)28-2/h4-11H,12H2,1-3H3,(H,23,27)(H,24,25,26). The van der Waals surface area contributed by atoms with Crippen molar-refractivity contribution >= 4 is 17.5 Å². The minimum absolute atomic E-state index is 0.0382. The Morgan fingerprint density at radius 1 is 1.07 bits per heavy atom. The summed E-state index contributed by atoms with van der Waals surface area (Å²) in [5.74, 6) is 0.424. The van der Waals surface area contributed by atoms with E-state index in [-0.39, 0.29) is 29.4 Å². The van der Waals surface area contributed by atoms with Gasteiger partial charge in [0.15, 0.2) is 17.3 Å². The Kier molecular flexibility index (Phi) is 6.63. The largest absolute Gasteiger partial charge is 0.497 e. The van der Waals surface area contributed by atoms with E-state index in [4.69, 9.17) is 14.2 Å². The molecule has 1 amide bonds. The van der Waals surface area contributed by atoms with Gasteiger partial charge < -0.3 is 24.8 Å². The second-order valence-electron chi connectivity index (χ2n) is 6.12. The number of nitrogens with one attached hydrogen (secondary N) is 2. The zero-order valence-corrected chi connectivity index (χ0v) is 16.7. The second kappa shape index (κ2) is 9.55. The lowest BCUT2D eigenvalue weighted by atomic mass is 10.1. The molecule has 9 heteroatoms. The van der Waals surface area contributed by atoms with Crippen LogP contribution in [0.2, 0.25) is 0 Å². The number of halogens is 1. The highest BCUT2D eigenvalue weighted by atomic mass is 19.1. The SMILES string of the molecule is CNC(=O)c1cc(COc2cnc(Nc3cccc(OC)c3)nc2)c(F)c(OC)c1. The third kappa shape index (κ3) is 4.93. The zero-order valence-electron chi connectivity index (χ0n) is 16.7. The minimum atomic E-state index is -0.595. The molecule has 0 fully saturated rings. The summed E-state index contributed by atoms with van der Waals surface area (Å²) in [7, 11) is 4.41. The fourth-order valence-corrected chi connectivity index (χ4v) is 2.63. The van der Waals surface area contributed by atoms with Crippen LogP contribution in [0.25, 0.3) is 0 Å². The van der Waals surface area contributed by atoms with Crippen molar-refractivity contribution in [2.75, 3.05) is 26.6 Å². The van der Waals surface area contributed by atoms with E-state index in [0.717, 1.165) is 5.69 Å². The number of methoxy groups -OCH3 is 2. The molecule has 0 spiro atoms. The van der Waals surface area contributed by atoms with Crippen LogP contribution in [0.4, 0.5) is 16.0 Å². The van der Waals surface area contributed by atoms with Crippen LogP contribution in [0.15, 0.2) is 48.8 Å². The molecule has 0 bridgehead atoms. The van der Waals surface area contributed by atoms with E-state index in [2.05, 4.69) is 20.6 Å². The van der Waals surface area contributed by atoms with Gasteiger partial charge in [-0.15, -0.1) is 0 Å². The van der Waals surface area contributed by atoms with E-state index in [1.54, 1.807) is 7.11 Å². The van der Waals surface area contributed by atoms with Crippen molar-refractivity contribution in [3.05, 3.63) is 65.7 Å². The number of anilines is 2. The van der Waals surface area contributed by atoms with Crippen LogP contribution in [0.3, 0.4) is 0 Å². The van der Waals surface area contributed by atoms with Crippen molar-refractivity contribution < 1.29 is 23.4 Å². The molecule has 0 aliphatic carbocycles. The van der Waals surface area contributed by atoms with Crippen molar-refractivity contribution in [1.82, 2.24) is 15.3 Å². The van der Waals surface area contributed by atoms with Gasteiger partial charge in [-0.25, -0.2) is 14.4 Å². The van der Waals surface area contributed by atoms with Crippen LogP contribution in [-0.2, 0) is 6.61 Å². The number of amides is 1. The van der Waals surface area contributed by atoms with Gasteiger partial charge in [0.05, 0.1) is 26.6 Å². The summed E-state index contributed by atoms with van der Waals surface area (Å²) < 4.78 is 30.3. The predicted molar refractivity (Wildman–Crippen MR) is 109 cm³/mol. The average molecular weight is 412 g/mol. The Labute approximate surface area is 173 Å². The molecule has 0 radical (unpaired) electrons. The number of hydrogen-bond donors (Lipinski definition) is 2. The number of aromatic nitrogens is 2. The number of nitrogens with zero attached hydrogens (tertiary/aromatic N) is 2. The maximum Gasteiger partial charge on any atom is 0.251 e. The Morgan fingerprint density at radius 3 is 2.50 bits per heavy atom. The van der Waals surface area contributed by atoms with Gasteiger partial charge >= 0.3 is 0 Å². The van der Waals surface area contributed by atoms with E-state index in [1.165, 1.54) is 38.7 Å². The summed E-state index contributed by atoms with van der Waals surface area (Å²) in [6.07, 6.45) is 2.93. The molecule has 3 aromatic rings. The zero-order chi connectivity index (χ0) is 21.5. The van der Waals surface area contributed by atoms with E-state index < -0.39 is 5.82 Å². The first kappa shape index (κ1) is 20.8. The third-order valence-electron chi connectivity index (χ3n) is 4.17. The molecule has 0 aliphatic rings. The summed E-state index contributed by atoms with van der Waals surface area (Å²) in [6.45, 7) is -0.126. The summed E-state index contributed by atoms with van der Waals surface area (Å²) >= 11 is 0. The highest BCUT2D eigenvalue weighted by Crippen LogP contribution is 2.25. The first-order valence-corrected chi connectivity index (χ1v) is 8.98. The lowest BCUT2D eigenvalue weighted by Gasteiger charge is -2.12. The van der Waals surface area contributed by atoms with Crippen molar-refractivity contribution in [2.45, 2.75) is 6.61 Å². The first-order valence-electron chi connectivity index (χ1n) is 8.98. The fourth-order valence-electron chi connectivity index (χ4n) is 2.63. The van der Waals surface area contributed by atoms with Gasteiger partial charge in [-0.3, -0.25) is 4.79 Å². The molecule has 30 heavy (non-hydrogen) atoms. The van der Waals surface area contributed by atoms with Crippen LogP contribution in [0.1, 0.15) is 15.9 Å². The minimum Gasteiger partial charge on any atom is -0.497 e. The monoisotopic (exact) mass is 412 g/mol. The molecule has 0 saturated carbocycles. The highest BCUT2D eigenvalue weighted by Gasteiger charge is 2.15. The smallest absolute Gasteiger partial charge is 0.251 e. The summed E-state index contributed by atoms with van der Waals surface area (Å²) in [5, 5.41) is 5.55. The van der Waals surface area contributed by atoms with Gasteiger partial charge in [0, 0.05) is 29.9 Å². The molecule has 1 heterocycles. The Bertz CT molecular complexity index is 1030. The topological polar surface area (TPSA) is 94.6 Å². The van der Waals surface area contributed by atoms with Crippen LogP contribution in [0, 0.1) is 5.82 Å². The number of hydrogen-bond acceptors (Lipinski definition) is 7. The van der Waals surface area contributed by atoms with Crippen molar-refractivity contribution in [3.8, 4) is 17.2 Å². The lowest BCUT2D eigenvalue weighted by molar-refractivity contribution is 0.0962. The third-order valence-corrected chi connectivity index (χ3v) is 4.17. The van der Waals surface area contributed by atoms with Crippen molar-refractivity contribution in [3.63, 3.8) is 0 Å². The molecular formula is C21H21FN4O4. The molecule has 156 valence electrons. The van der Waals surface area contributed by atoms with E-state index in [1.807, 2.05) is 24.3 Å². The van der Waals surface area contributed by atoms with Gasteiger partial charge in [0.1, 0.15) is 12.4 Å². The molecule has 0 saturated heterocycles. The van der Waals surface area contributed by atoms with Gasteiger partial charge in [0.25, 0.3) is 5.91 Å². The molecule has 0 unspecified atom stereocenters. The van der Waals surface area contributed by atoms with Gasteiger partial charge in [0.2, 0.25) is 5.95 Å². The van der Waals surface area contributed by atoms with Crippen molar-refractivity contribution in [2.24, 2.45) is 0 Å². The highest BCUT2D eigenvalue weighted by molar-refractivity contribution is 5.94. The maximum atomic E-state index is 14.5. The van der Waals surface area contributed by atoms with E-state index in [0.29, 0.717) is 17.4 Å². The van der Waals surface area contributed by atoms with Crippen LogP contribution in [0.5, 0.6) is 17.2 Å². The van der Waals surface area contributed by atoms with E-state index >= 15 is 0 Å². The number of carbonyl (C=O) groups is 1. The average Bonchev–Trinajstić information content (AvgIpc) is 2.79. The number of ether oxygens (including phenoxy) is 3. The number of benzene rings is 2. The Balaban J connectivity index is 1.69. The fraction of sp³-hybridized carbons (Fsp3) is 0.190. The van der Waals surface area contributed by atoms with Gasteiger partial charge in [-0.05, 0) is 24.3 Å². The van der Waals surface area contributed by atoms with Gasteiger partial charge in [-0.1, -0.05) is 6.07 Å². The predicted octanol–water partition coefficient (Wildman–Crippen LogP) is 3.32. The summed E-state index contributed by atoms with van der Waals surface area (Å²) in [5.41, 5.74) is 1.21. The molecule has 1 aromatic heterocycles. The van der Waals surface area contributed by atoms with Crippen molar-refractivity contribution in [1.29, 1.82) is 0 Å². The van der Waals surface area contributed by atoms with Crippen LogP contribution in [-0.4, -0.2) is 37.1 Å². The Hall–Kier alpha value is -3.88. The molecule has 0 atom stereocenters. The second-order valence-corrected chi connectivity index (χ2v) is 6.12. The first-order chi connectivity index (χ1) is 14.5. The number of rotatable bonds is 8. The number of carbonyl (C=O) groups excluding carboxylic acids is 1. The normalized spacial score (nSPS) is 10.3. The molecule has 3 rings (SSSR count). The quantitative estimate of drug-likeness (QED) is 0.586. The van der Waals surface area contributed by atoms with Crippen LogP contribution < -0.4 is 24.8 Å². The van der Waals surface area contributed by atoms with Crippen LogP contribution >= 0.6 is 0 Å². The van der Waals surface area contributed by atoms with E-state index in [9.17, 15) is 9.18 Å². The molecule has 2 N–H and O–H groups in total. The Morgan fingerprint density at radius 2 is 1.83 bits per heavy atom. The lowest BCUT2D eigenvalue weighted by Crippen LogP contribution is -2.18. The van der Waals surface area contributed by atoms with Gasteiger partial charge in [-0.2, -0.15) is 0 Å². The maximum absolute atomic E-state index is 14.5. The summed E-state index contributed by atoms with van der Waals surface area (Å²) in [6, 6.07) is 10.1. The molecule has 8 nitrogen and oxygen atoms in total.